The van der Waals surface area contributed by atoms with E-state index < -0.39 is 0 Å². The number of nitrogens with zero attached hydrogens (tertiary/aromatic N) is 2. The summed E-state index contributed by atoms with van der Waals surface area (Å²) in [5.41, 5.74) is 3.86. The molecule has 0 aliphatic carbocycles. The monoisotopic (exact) mass is 425 g/mol. The molecule has 160 valence electrons. The predicted octanol–water partition coefficient (Wildman–Crippen LogP) is 4.80. The molecule has 0 radical (unpaired) electrons. The van der Waals surface area contributed by atoms with E-state index in [1.165, 1.54) is 0 Å². The summed E-state index contributed by atoms with van der Waals surface area (Å²) in [5.74, 6) is 1.40. The summed E-state index contributed by atoms with van der Waals surface area (Å²) < 4.78 is 12.8. The molecule has 1 aromatic heterocycles. The minimum absolute atomic E-state index is 0.115. The van der Waals surface area contributed by atoms with Crippen molar-refractivity contribution in [1.82, 2.24) is 15.1 Å². The second-order valence-electron chi connectivity index (χ2n) is 7.60. The zero-order valence-corrected chi connectivity index (χ0v) is 17.7. The smallest absolute Gasteiger partial charge is 0.255 e. The number of ether oxygens (including phenoxy) is 2. The molecule has 1 aliphatic heterocycles. The van der Waals surface area contributed by atoms with Crippen molar-refractivity contribution >= 4 is 5.91 Å². The van der Waals surface area contributed by atoms with Crippen LogP contribution in [0.3, 0.4) is 0 Å². The van der Waals surface area contributed by atoms with Crippen molar-refractivity contribution in [3.05, 3.63) is 96.2 Å². The summed E-state index contributed by atoms with van der Waals surface area (Å²) >= 11 is 0. The maximum atomic E-state index is 13.5. The van der Waals surface area contributed by atoms with Crippen LogP contribution in [-0.4, -0.2) is 29.4 Å². The Kier molecular flexibility index (Phi) is 5.34. The van der Waals surface area contributed by atoms with E-state index in [4.69, 9.17) is 14.6 Å². The topological polar surface area (TPSA) is 65.4 Å². The molecule has 6 heteroatoms. The maximum absolute atomic E-state index is 13.5. The number of aromatic nitrogens is 2. The van der Waals surface area contributed by atoms with Crippen molar-refractivity contribution in [3.8, 4) is 28.4 Å². The van der Waals surface area contributed by atoms with Crippen LogP contribution in [0.2, 0.25) is 0 Å². The average molecular weight is 425 g/mol. The summed E-state index contributed by atoms with van der Waals surface area (Å²) in [7, 11) is 1.63. The van der Waals surface area contributed by atoms with Crippen LogP contribution in [-0.2, 0) is 0 Å². The van der Waals surface area contributed by atoms with Gasteiger partial charge in [-0.05, 0) is 42.5 Å². The van der Waals surface area contributed by atoms with Crippen molar-refractivity contribution < 1.29 is 14.3 Å². The first kappa shape index (κ1) is 19.9. The van der Waals surface area contributed by atoms with E-state index in [1.54, 1.807) is 18.0 Å². The van der Waals surface area contributed by atoms with Gasteiger partial charge in [-0.3, -0.25) is 4.79 Å². The Balaban J connectivity index is 1.52. The summed E-state index contributed by atoms with van der Waals surface area (Å²) in [6.45, 7) is 0.566. The first-order chi connectivity index (χ1) is 15.7. The highest BCUT2D eigenvalue weighted by Crippen LogP contribution is 2.32. The van der Waals surface area contributed by atoms with E-state index in [-0.39, 0.29) is 11.9 Å². The third kappa shape index (κ3) is 3.83. The lowest BCUT2D eigenvalue weighted by Crippen LogP contribution is -2.32. The first-order valence-corrected chi connectivity index (χ1v) is 10.5. The summed E-state index contributed by atoms with van der Waals surface area (Å²) in [6, 6.07) is 25.0. The van der Waals surface area contributed by atoms with Crippen molar-refractivity contribution in [2.45, 2.75) is 12.5 Å². The summed E-state index contributed by atoms with van der Waals surface area (Å²) in [6.07, 6.45) is 2.50. The molecule has 0 spiro atoms. The van der Waals surface area contributed by atoms with Gasteiger partial charge in [0.15, 0.2) is 0 Å². The summed E-state index contributed by atoms with van der Waals surface area (Å²) in [4.78, 5) is 13.5. The van der Waals surface area contributed by atoms with Gasteiger partial charge in [0.05, 0.1) is 31.0 Å². The van der Waals surface area contributed by atoms with Gasteiger partial charge in [-0.2, -0.15) is 5.10 Å². The molecule has 1 amide bonds. The van der Waals surface area contributed by atoms with Crippen LogP contribution in [0.25, 0.3) is 16.9 Å². The number of amides is 1. The molecule has 1 aliphatic rings. The van der Waals surface area contributed by atoms with Crippen LogP contribution < -0.4 is 14.8 Å². The van der Waals surface area contributed by atoms with Gasteiger partial charge in [-0.1, -0.05) is 36.4 Å². The van der Waals surface area contributed by atoms with Crippen molar-refractivity contribution in [2.24, 2.45) is 0 Å². The largest absolute Gasteiger partial charge is 0.497 e. The lowest BCUT2D eigenvalue weighted by Gasteiger charge is -2.26. The lowest BCUT2D eigenvalue weighted by molar-refractivity contribution is 0.0925. The molecule has 4 aromatic rings. The van der Waals surface area contributed by atoms with E-state index >= 15 is 0 Å². The van der Waals surface area contributed by atoms with Crippen molar-refractivity contribution in [1.29, 1.82) is 0 Å². The van der Waals surface area contributed by atoms with Crippen LogP contribution in [0.1, 0.15) is 28.4 Å². The minimum Gasteiger partial charge on any atom is -0.497 e. The van der Waals surface area contributed by atoms with E-state index in [1.807, 2.05) is 78.9 Å². The highest BCUT2D eigenvalue weighted by Gasteiger charge is 2.26. The van der Waals surface area contributed by atoms with E-state index in [2.05, 4.69) is 5.32 Å². The molecule has 0 saturated carbocycles. The van der Waals surface area contributed by atoms with E-state index in [9.17, 15) is 4.79 Å². The second-order valence-corrected chi connectivity index (χ2v) is 7.60. The Morgan fingerprint density at radius 3 is 2.56 bits per heavy atom. The third-order valence-corrected chi connectivity index (χ3v) is 5.61. The van der Waals surface area contributed by atoms with Crippen LogP contribution >= 0.6 is 0 Å². The SMILES string of the molecule is COc1ccc(-c2nn(-c3ccccc3)cc2C(=O)NC2CCOc3ccccc32)cc1. The fourth-order valence-electron chi connectivity index (χ4n) is 3.94. The van der Waals surface area contributed by atoms with Crippen LogP contribution in [0.4, 0.5) is 0 Å². The second kappa shape index (κ2) is 8.59. The van der Waals surface area contributed by atoms with E-state index in [0.29, 0.717) is 24.3 Å². The number of hydrogen-bond acceptors (Lipinski definition) is 4. The summed E-state index contributed by atoms with van der Waals surface area (Å²) in [5, 5.41) is 7.95. The molecule has 0 bridgehead atoms. The van der Waals surface area contributed by atoms with Crippen LogP contribution in [0.15, 0.2) is 85.1 Å². The maximum Gasteiger partial charge on any atom is 0.255 e. The Bertz CT molecular complexity index is 1230. The van der Waals surface area contributed by atoms with Crippen molar-refractivity contribution in [3.63, 3.8) is 0 Å². The highest BCUT2D eigenvalue weighted by molar-refractivity contribution is 6.00. The number of carbonyl (C=O) groups is 1. The highest BCUT2D eigenvalue weighted by atomic mass is 16.5. The minimum atomic E-state index is -0.167. The number of nitrogens with one attached hydrogen (secondary N) is 1. The molecule has 2 heterocycles. The number of hydrogen-bond donors (Lipinski definition) is 1. The molecule has 5 rings (SSSR count). The van der Waals surface area contributed by atoms with Crippen LogP contribution in [0.5, 0.6) is 11.5 Å². The molecular weight excluding hydrogens is 402 g/mol. The number of para-hydroxylation sites is 2. The molecule has 0 fully saturated rings. The predicted molar refractivity (Wildman–Crippen MR) is 122 cm³/mol. The Hall–Kier alpha value is -4.06. The van der Waals surface area contributed by atoms with Gasteiger partial charge in [-0.15, -0.1) is 0 Å². The zero-order chi connectivity index (χ0) is 21.9. The molecule has 1 unspecified atom stereocenters. The Labute approximate surface area is 186 Å². The standard InChI is InChI=1S/C26H23N3O3/c1-31-20-13-11-18(12-14-20)25-22(17-29(28-25)19-7-3-2-4-8-19)26(30)27-23-15-16-32-24-10-6-5-9-21(23)24/h2-14,17,23H,15-16H2,1H3,(H,27,30). The molecule has 1 N–H and O–H groups in total. The normalized spacial score (nSPS) is 14.8. The Morgan fingerprint density at radius 2 is 1.78 bits per heavy atom. The van der Waals surface area contributed by atoms with Gasteiger partial charge in [0.2, 0.25) is 0 Å². The molecular formula is C26H23N3O3. The van der Waals surface area contributed by atoms with Gasteiger partial charge >= 0.3 is 0 Å². The van der Waals surface area contributed by atoms with Crippen molar-refractivity contribution in [2.75, 3.05) is 13.7 Å². The quantitative estimate of drug-likeness (QED) is 0.499. The van der Waals surface area contributed by atoms with Gasteiger partial charge in [0.1, 0.15) is 17.2 Å². The molecule has 3 aromatic carbocycles. The first-order valence-electron chi connectivity index (χ1n) is 10.5. The Morgan fingerprint density at radius 1 is 1.03 bits per heavy atom. The number of fused-ring (bicyclic) bond motifs is 1. The fraction of sp³-hybridized carbons (Fsp3) is 0.154. The average Bonchev–Trinajstić information content (AvgIpc) is 3.31. The molecule has 0 saturated heterocycles. The van der Waals surface area contributed by atoms with Gasteiger partial charge in [-0.25, -0.2) is 4.68 Å². The van der Waals surface area contributed by atoms with Gasteiger partial charge < -0.3 is 14.8 Å². The van der Waals surface area contributed by atoms with Gasteiger partial charge in [0.25, 0.3) is 5.91 Å². The lowest BCUT2D eigenvalue weighted by atomic mass is 10.00. The zero-order valence-electron chi connectivity index (χ0n) is 17.7. The fourth-order valence-corrected chi connectivity index (χ4v) is 3.94. The molecule has 32 heavy (non-hydrogen) atoms. The number of methoxy groups -OCH3 is 1. The third-order valence-electron chi connectivity index (χ3n) is 5.61. The number of carbonyl (C=O) groups excluding carboxylic acids is 1. The molecule has 1 atom stereocenters. The molecule has 6 nitrogen and oxygen atoms in total. The number of rotatable bonds is 5. The number of benzene rings is 3. The van der Waals surface area contributed by atoms with E-state index in [0.717, 1.165) is 28.3 Å². The van der Waals surface area contributed by atoms with Crippen LogP contribution in [0, 0.1) is 0 Å². The van der Waals surface area contributed by atoms with Gasteiger partial charge in [0, 0.05) is 23.7 Å².